The number of nitrogens with one attached hydrogen (secondary N) is 1. The van der Waals surface area contributed by atoms with Crippen molar-refractivity contribution in [1.29, 1.82) is 0 Å². The molecule has 102 valence electrons. The second-order valence-corrected chi connectivity index (χ2v) is 4.75. The third-order valence-electron chi connectivity index (χ3n) is 2.97. The lowest BCUT2D eigenvalue weighted by Crippen LogP contribution is -3.07. The summed E-state index contributed by atoms with van der Waals surface area (Å²) in [4.78, 5) is 1.60. The van der Waals surface area contributed by atoms with Crippen LogP contribution in [0.3, 0.4) is 0 Å². The summed E-state index contributed by atoms with van der Waals surface area (Å²) in [6.45, 7) is 9.14. The molecule has 1 aromatic carbocycles. The minimum atomic E-state index is 0. The first-order chi connectivity index (χ1) is 8.26. The van der Waals surface area contributed by atoms with Gasteiger partial charge in [0.2, 0.25) is 0 Å². The number of allylic oxidation sites excluding steroid dienone is 1. The van der Waals surface area contributed by atoms with Crippen LogP contribution in [0.2, 0.25) is 0 Å². The van der Waals surface area contributed by atoms with Crippen LogP contribution in [-0.4, -0.2) is 18.6 Å². The molecule has 0 saturated heterocycles. The molecule has 0 bridgehead atoms. The fourth-order valence-corrected chi connectivity index (χ4v) is 2.02. The van der Waals surface area contributed by atoms with E-state index in [1.165, 1.54) is 37.1 Å². The average molecular weight is 249 g/mol. The maximum absolute atomic E-state index is 2.34. The van der Waals surface area contributed by atoms with E-state index in [9.17, 15) is 0 Å². The highest BCUT2D eigenvalue weighted by Crippen LogP contribution is 2.03. The molecule has 18 heavy (non-hydrogen) atoms. The van der Waals surface area contributed by atoms with Gasteiger partial charge in [-0.2, -0.15) is 0 Å². The van der Waals surface area contributed by atoms with Crippen molar-refractivity contribution in [3.05, 3.63) is 47.7 Å². The Morgan fingerprint density at radius 1 is 1.00 bits per heavy atom. The van der Waals surface area contributed by atoms with Crippen LogP contribution in [0, 0.1) is 6.92 Å². The number of hydrogen-bond donors (Lipinski definition) is 1. The molecule has 0 aliphatic rings. The lowest BCUT2D eigenvalue weighted by atomic mass is 10.1. The number of aryl methyl sites for hydroxylation is 1. The van der Waals surface area contributed by atoms with Crippen LogP contribution in [0.25, 0.3) is 0 Å². The second-order valence-electron chi connectivity index (χ2n) is 4.75. The molecule has 0 aliphatic heterocycles. The molecule has 0 aliphatic carbocycles. The molecule has 0 spiro atoms. The van der Waals surface area contributed by atoms with Gasteiger partial charge < -0.3 is 10.4 Å². The zero-order valence-corrected chi connectivity index (χ0v) is 11.9. The molecule has 0 fully saturated rings. The van der Waals surface area contributed by atoms with Crippen molar-refractivity contribution in [2.24, 2.45) is 0 Å². The highest BCUT2D eigenvalue weighted by molar-refractivity contribution is 5.22. The minimum absolute atomic E-state index is 0. The number of quaternary nitrogens is 1. The summed E-state index contributed by atoms with van der Waals surface area (Å²) < 4.78 is 0. The van der Waals surface area contributed by atoms with Crippen molar-refractivity contribution < 1.29 is 10.4 Å². The molecule has 2 N–H and O–H groups in total. The first kappa shape index (κ1) is 16.9. The highest BCUT2D eigenvalue weighted by atomic mass is 16.0. The monoisotopic (exact) mass is 249 g/mol. The third kappa shape index (κ3) is 6.58. The van der Waals surface area contributed by atoms with Crippen molar-refractivity contribution in [1.82, 2.24) is 0 Å². The average Bonchev–Trinajstić information content (AvgIpc) is 2.32. The van der Waals surface area contributed by atoms with E-state index in [2.05, 4.69) is 57.3 Å². The first-order valence-electron chi connectivity index (χ1n) is 6.83. The van der Waals surface area contributed by atoms with Crippen LogP contribution in [-0.2, 0) is 6.42 Å². The quantitative estimate of drug-likeness (QED) is 0.792. The van der Waals surface area contributed by atoms with Gasteiger partial charge in [0.1, 0.15) is 0 Å². The number of benzene rings is 1. The fraction of sp³-hybridized carbons (Fsp3) is 0.500. The van der Waals surface area contributed by atoms with Crippen LogP contribution in [0.15, 0.2) is 36.5 Å². The van der Waals surface area contributed by atoms with E-state index in [1.807, 2.05) is 0 Å². The van der Waals surface area contributed by atoms with Crippen LogP contribution < -0.4 is 4.90 Å². The molecule has 0 saturated carbocycles. The molecule has 0 amide bonds. The zero-order chi connectivity index (χ0) is 12.5. The maximum atomic E-state index is 2.34. The molecule has 2 heteroatoms. The summed E-state index contributed by atoms with van der Waals surface area (Å²) in [5.74, 6) is 0. The predicted molar refractivity (Wildman–Crippen MR) is 77.2 cm³/mol. The Balaban J connectivity index is 0.00000289. The van der Waals surface area contributed by atoms with Crippen LogP contribution >= 0.6 is 0 Å². The van der Waals surface area contributed by atoms with Gasteiger partial charge in [-0.15, -0.1) is 0 Å². The summed E-state index contributed by atoms with van der Waals surface area (Å²) in [6.07, 6.45) is 8.21. The lowest BCUT2D eigenvalue weighted by molar-refractivity contribution is -0.847. The molecule has 0 unspecified atom stereocenters. The third-order valence-corrected chi connectivity index (χ3v) is 2.97. The molecule has 2 nitrogen and oxygen atoms in total. The standard InChI is InChI=1S/C16H25N.H2O/c1-4-12-17(13-5-2)14-6-7-16-10-8-15(3)9-11-16;/h6,8-11,14H,4-5,7,12-13H2,1-3H3;1H2. The molecule has 1 rings (SSSR count). The predicted octanol–water partition coefficient (Wildman–Crippen LogP) is 2.58. The van der Waals surface area contributed by atoms with Crippen LogP contribution in [0.4, 0.5) is 0 Å². The molecular weight excluding hydrogens is 222 g/mol. The van der Waals surface area contributed by atoms with Gasteiger partial charge in [-0.05, 0) is 37.8 Å². The largest absolute Gasteiger partial charge is 0.870 e. The van der Waals surface area contributed by atoms with Gasteiger partial charge in [-0.1, -0.05) is 43.7 Å². The Kier molecular flexibility index (Phi) is 9.25. The van der Waals surface area contributed by atoms with Crippen molar-refractivity contribution in [2.75, 3.05) is 13.1 Å². The van der Waals surface area contributed by atoms with E-state index in [0.717, 1.165) is 6.42 Å². The minimum Gasteiger partial charge on any atom is -0.870 e. The van der Waals surface area contributed by atoms with Crippen molar-refractivity contribution in [2.45, 2.75) is 40.0 Å². The van der Waals surface area contributed by atoms with Crippen LogP contribution in [0.5, 0.6) is 0 Å². The fourth-order valence-electron chi connectivity index (χ4n) is 2.02. The van der Waals surface area contributed by atoms with Gasteiger partial charge in [0.25, 0.3) is 0 Å². The van der Waals surface area contributed by atoms with E-state index in [1.54, 1.807) is 4.90 Å². The number of rotatable bonds is 7. The van der Waals surface area contributed by atoms with Gasteiger partial charge in [0, 0.05) is 0 Å². The van der Waals surface area contributed by atoms with E-state index < -0.39 is 0 Å². The smallest absolute Gasteiger partial charge is 0.0905 e. The Hall–Kier alpha value is -1.12. The van der Waals surface area contributed by atoms with E-state index in [4.69, 9.17) is 0 Å². The summed E-state index contributed by atoms with van der Waals surface area (Å²) in [5, 5.41) is 0. The lowest BCUT2D eigenvalue weighted by Gasteiger charge is -2.12. The van der Waals surface area contributed by atoms with Gasteiger partial charge in [-0.25, -0.2) is 0 Å². The van der Waals surface area contributed by atoms with E-state index >= 15 is 0 Å². The molecule has 0 radical (unpaired) electrons. The Bertz CT molecular complexity index is 323. The van der Waals surface area contributed by atoms with Gasteiger partial charge >= 0.3 is 0 Å². The van der Waals surface area contributed by atoms with E-state index in [-0.39, 0.29) is 5.48 Å². The Labute approximate surface area is 112 Å². The van der Waals surface area contributed by atoms with Gasteiger partial charge in [-0.3, -0.25) is 0 Å². The Morgan fingerprint density at radius 2 is 1.56 bits per heavy atom. The second kappa shape index (κ2) is 9.86. The van der Waals surface area contributed by atoms with Crippen molar-refractivity contribution in [3.63, 3.8) is 0 Å². The highest BCUT2D eigenvalue weighted by Gasteiger charge is 2.00. The maximum Gasteiger partial charge on any atom is 0.0905 e. The van der Waals surface area contributed by atoms with Gasteiger partial charge in [0.15, 0.2) is 0 Å². The van der Waals surface area contributed by atoms with Crippen LogP contribution in [0.1, 0.15) is 37.8 Å². The summed E-state index contributed by atoms with van der Waals surface area (Å²) in [7, 11) is 0. The van der Waals surface area contributed by atoms with Crippen molar-refractivity contribution in [3.8, 4) is 0 Å². The van der Waals surface area contributed by atoms with E-state index in [0.29, 0.717) is 0 Å². The molecule has 0 atom stereocenters. The van der Waals surface area contributed by atoms with Gasteiger partial charge in [0.05, 0.1) is 19.3 Å². The Morgan fingerprint density at radius 3 is 2.06 bits per heavy atom. The van der Waals surface area contributed by atoms with Crippen molar-refractivity contribution >= 4 is 0 Å². The molecule has 1 aromatic rings. The number of hydrogen-bond acceptors (Lipinski definition) is 1. The molecular formula is C16H27NO. The molecule has 0 heterocycles. The summed E-state index contributed by atoms with van der Waals surface area (Å²) in [6, 6.07) is 8.82. The SMILES string of the molecule is CCC[NH+](C=CCc1ccc(C)cc1)CCC.[OH-]. The topological polar surface area (TPSA) is 34.4 Å². The summed E-state index contributed by atoms with van der Waals surface area (Å²) >= 11 is 0. The normalized spacial score (nSPS) is 10.9. The molecule has 0 aromatic heterocycles. The zero-order valence-electron chi connectivity index (χ0n) is 11.9. The first-order valence-corrected chi connectivity index (χ1v) is 6.83. The summed E-state index contributed by atoms with van der Waals surface area (Å²) in [5.41, 5.74) is 2.74.